The first-order chi connectivity index (χ1) is 17.2. The van der Waals surface area contributed by atoms with E-state index in [2.05, 4.69) is 20.9 Å². The molecule has 2 heterocycles. The Morgan fingerprint density at radius 3 is 2.63 bits per heavy atom. The third-order valence-corrected chi connectivity index (χ3v) is 7.10. The van der Waals surface area contributed by atoms with Gasteiger partial charge >= 0.3 is 0 Å². The van der Waals surface area contributed by atoms with Crippen LogP contribution in [-0.4, -0.2) is 55.0 Å². The Balaban J connectivity index is 1.39. The second-order valence-electron chi connectivity index (χ2n) is 9.15. The van der Waals surface area contributed by atoms with Crippen molar-refractivity contribution in [3.05, 3.63) is 35.5 Å². The average Bonchev–Trinajstić information content (AvgIpc) is 3.38. The third-order valence-electron chi connectivity index (χ3n) is 6.41. The van der Waals surface area contributed by atoms with Gasteiger partial charge in [-0.1, -0.05) is 25.3 Å². The lowest BCUT2D eigenvalue weighted by Gasteiger charge is -2.35. The SMILES string of the molecule is O=CCNCCCCOCCCCNC(=O)C1(Cc2cccc(Nc3nccs3)n2)CCCCC1. The van der Waals surface area contributed by atoms with Crippen LogP contribution in [0.2, 0.25) is 0 Å². The maximum Gasteiger partial charge on any atom is 0.226 e. The van der Waals surface area contributed by atoms with Crippen LogP contribution in [-0.2, 0) is 20.7 Å². The summed E-state index contributed by atoms with van der Waals surface area (Å²) in [7, 11) is 0. The molecular formula is C26H39N5O3S. The molecule has 3 rings (SSSR count). The van der Waals surface area contributed by atoms with Crippen molar-refractivity contribution in [2.75, 3.05) is 38.2 Å². The van der Waals surface area contributed by atoms with Crippen molar-refractivity contribution in [2.45, 2.75) is 64.2 Å². The van der Waals surface area contributed by atoms with Gasteiger partial charge in [0.2, 0.25) is 5.91 Å². The van der Waals surface area contributed by atoms with Gasteiger partial charge in [-0.25, -0.2) is 9.97 Å². The fraction of sp³-hybridized carbons (Fsp3) is 0.615. The molecule has 0 bridgehead atoms. The Labute approximate surface area is 212 Å². The van der Waals surface area contributed by atoms with E-state index in [1.165, 1.54) is 17.8 Å². The highest BCUT2D eigenvalue weighted by Gasteiger charge is 2.39. The molecule has 1 aliphatic carbocycles. The summed E-state index contributed by atoms with van der Waals surface area (Å²) in [6.45, 7) is 3.39. The molecule has 0 aromatic carbocycles. The van der Waals surface area contributed by atoms with E-state index >= 15 is 0 Å². The zero-order valence-corrected chi connectivity index (χ0v) is 21.4. The maximum absolute atomic E-state index is 13.3. The smallest absolute Gasteiger partial charge is 0.226 e. The van der Waals surface area contributed by atoms with Gasteiger partial charge in [0.15, 0.2) is 5.13 Å². The van der Waals surface area contributed by atoms with Crippen molar-refractivity contribution in [3.63, 3.8) is 0 Å². The highest BCUT2D eigenvalue weighted by Crippen LogP contribution is 2.39. The van der Waals surface area contributed by atoms with Gasteiger partial charge < -0.3 is 25.5 Å². The molecule has 0 aliphatic heterocycles. The molecular weight excluding hydrogens is 462 g/mol. The summed E-state index contributed by atoms with van der Waals surface area (Å²) < 4.78 is 5.68. The van der Waals surface area contributed by atoms with Gasteiger partial charge in [0.25, 0.3) is 0 Å². The molecule has 2 aromatic rings. The molecule has 9 heteroatoms. The molecule has 0 atom stereocenters. The summed E-state index contributed by atoms with van der Waals surface area (Å²) >= 11 is 1.54. The molecule has 1 aliphatic rings. The minimum Gasteiger partial charge on any atom is -0.381 e. The van der Waals surface area contributed by atoms with Crippen LogP contribution in [0.1, 0.15) is 63.5 Å². The Hall–Kier alpha value is -2.36. The summed E-state index contributed by atoms with van der Waals surface area (Å²) in [6, 6.07) is 5.95. The van der Waals surface area contributed by atoms with Crippen LogP contribution in [0.25, 0.3) is 0 Å². The number of aldehydes is 1. The predicted molar refractivity (Wildman–Crippen MR) is 140 cm³/mol. The van der Waals surface area contributed by atoms with Gasteiger partial charge in [0.05, 0.1) is 12.0 Å². The Kier molecular flexibility index (Phi) is 12.1. The van der Waals surface area contributed by atoms with E-state index in [4.69, 9.17) is 9.72 Å². The monoisotopic (exact) mass is 501 g/mol. The third kappa shape index (κ3) is 9.66. The van der Waals surface area contributed by atoms with Crippen molar-refractivity contribution < 1.29 is 14.3 Å². The number of thiazole rings is 1. The quantitative estimate of drug-likeness (QED) is 0.220. The lowest BCUT2D eigenvalue weighted by Crippen LogP contribution is -2.44. The number of anilines is 2. The highest BCUT2D eigenvalue weighted by molar-refractivity contribution is 7.13. The van der Waals surface area contributed by atoms with E-state index in [9.17, 15) is 9.59 Å². The number of nitrogens with one attached hydrogen (secondary N) is 3. The Morgan fingerprint density at radius 2 is 1.89 bits per heavy atom. The molecule has 1 saturated carbocycles. The topological polar surface area (TPSA) is 105 Å². The minimum absolute atomic E-state index is 0.168. The van der Waals surface area contributed by atoms with E-state index < -0.39 is 0 Å². The number of aromatic nitrogens is 2. The standard InChI is InChI=1S/C26H39N5O3S/c32-17-15-27-13-4-6-18-34-19-7-5-14-28-24(33)26(11-2-1-3-12-26)21-22-9-8-10-23(30-22)31-25-29-16-20-35-25/h8-10,16-17,20,27H,1-7,11-15,18-19,21H2,(H,28,33)(H,29,30,31). The molecule has 0 unspecified atom stereocenters. The molecule has 35 heavy (non-hydrogen) atoms. The van der Waals surface area contributed by atoms with E-state index in [0.29, 0.717) is 26.1 Å². The lowest BCUT2D eigenvalue weighted by atomic mass is 9.70. The highest BCUT2D eigenvalue weighted by atomic mass is 32.1. The van der Waals surface area contributed by atoms with Gasteiger partial charge in [-0.15, -0.1) is 11.3 Å². The number of hydrogen-bond donors (Lipinski definition) is 3. The largest absolute Gasteiger partial charge is 0.381 e. The fourth-order valence-electron chi connectivity index (χ4n) is 4.54. The average molecular weight is 502 g/mol. The van der Waals surface area contributed by atoms with Gasteiger partial charge in [-0.05, 0) is 57.2 Å². The molecule has 0 saturated heterocycles. The first-order valence-corrected chi connectivity index (χ1v) is 13.7. The number of unbranched alkanes of at least 4 members (excludes halogenated alkanes) is 2. The molecule has 3 N–H and O–H groups in total. The Bertz CT molecular complexity index is 872. The zero-order chi connectivity index (χ0) is 24.6. The van der Waals surface area contributed by atoms with Crippen molar-refractivity contribution in [1.29, 1.82) is 0 Å². The van der Waals surface area contributed by atoms with Gasteiger partial charge in [0.1, 0.15) is 12.1 Å². The van der Waals surface area contributed by atoms with Gasteiger partial charge in [-0.3, -0.25) is 4.79 Å². The summed E-state index contributed by atoms with van der Waals surface area (Å²) in [5, 5.41) is 12.3. The summed E-state index contributed by atoms with van der Waals surface area (Å²) in [6.07, 6.45) is 12.3. The van der Waals surface area contributed by atoms with Crippen LogP contribution in [0.3, 0.4) is 0 Å². The van der Waals surface area contributed by atoms with Gasteiger partial charge in [0, 0.05) is 43.5 Å². The molecule has 1 fully saturated rings. The number of carbonyl (C=O) groups excluding carboxylic acids is 2. The number of rotatable bonds is 17. The van der Waals surface area contributed by atoms with Crippen molar-refractivity contribution in [2.24, 2.45) is 5.41 Å². The molecule has 2 aromatic heterocycles. The molecule has 192 valence electrons. The van der Waals surface area contributed by atoms with Crippen LogP contribution in [0.4, 0.5) is 10.9 Å². The number of hydrogen-bond acceptors (Lipinski definition) is 8. The second kappa shape index (κ2) is 15.6. The number of carbonyl (C=O) groups is 2. The summed E-state index contributed by atoms with van der Waals surface area (Å²) in [5.74, 6) is 0.932. The van der Waals surface area contributed by atoms with Crippen molar-refractivity contribution in [3.8, 4) is 0 Å². The van der Waals surface area contributed by atoms with Crippen LogP contribution in [0, 0.1) is 5.41 Å². The number of ether oxygens (including phenoxy) is 1. The van der Waals surface area contributed by atoms with Crippen molar-refractivity contribution in [1.82, 2.24) is 20.6 Å². The van der Waals surface area contributed by atoms with Crippen LogP contribution in [0.5, 0.6) is 0 Å². The summed E-state index contributed by atoms with van der Waals surface area (Å²) in [5.41, 5.74) is 0.567. The van der Waals surface area contributed by atoms with E-state index in [0.717, 1.165) is 87.4 Å². The fourth-order valence-corrected chi connectivity index (χ4v) is 5.07. The molecule has 0 radical (unpaired) electrons. The van der Waals surface area contributed by atoms with Crippen LogP contribution < -0.4 is 16.0 Å². The molecule has 8 nitrogen and oxygen atoms in total. The van der Waals surface area contributed by atoms with E-state index in [-0.39, 0.29) is 11.3 Å². The van der Waals surface area contributed by atoms with Crippen molar-refractivity contribution >= 4 is 34.5 Å². The normalized spacial score (nSPS) is 15.0. The maximum atomic E-state index is 13.3. The number of amides is 1. The zero-order valence-electron chi connectivity index (χ0n) is 20.6. The number of nitrogens with zero attached hydrogens (tertiary/aromatic N) is 2. The van der Waals surface area contributed by atoms with E-state index in [1.54, 1.807) is 6.20 Å². The summed E-state index contributed by atoms with van der Waals surface area (Å²) in [4.78, 5) is 32.6. The van der Waals surface area contributed by atoms with Gasteiger partial charge in [-0.2, -0.15) is 0 Å². The first-order valence-electron chi connectivity index (χ1n) is 12.8. The van der Waals surface area contributed by atoms with Crippen LogP contribution in [0.15, 0.2) is 29.8 Å². The lowest BCUT2D eigenvalue weighted by molar-refractivity contribution is -0.133. The minimum atomic E-state index is -0.376. The van der Waals surface area contributed by atoms with Crippen LogP contribution >= 0.6 is 11.3 Å². The first kappa shape index (κ1) is 27.2. The predicted octanol–water partition coefficient (Wildman–Crippen LogP) is 4.26. The molecule has 0 spiro atoms. The Morgan fingerprint density at radius 1 is 1.09 bits per heavy atom. The molecule has 1 amide bonds. The van der Waals surface area contributed by atoms with E-state index in [1.807, 2.05) is 23.6 Å². The number of pyridine rings is 1. The second-order valence-corrected chi connectivity index (χ2v) is 10.0.